The van der Waals surface area contributed by atoms with Gasteiger partial charge in [0.15, 0.2) is 5.78 Å². The van der Waals surface area contributed by atoms with Crippen LogP contribution in [0.3, 0.4) is 0 Å². The van der Waals surface area contributed by atoms with Gasteiger partial charge in [-0.3, -0.25) is 4.79 Å². The Morgan fingerprint density at radius 3 is 2.00 bits per heavy atom. The molecule has 1 rings (SSSR count). The predicted molar refractivity (Wildman–Crippen MR) is 60.3 cm³/mol. The maximum absolute atomic E-state index is 11.8. The minimum atomic E-state index is -0.449. The molecule has 0 bridgehead atoms. The summed E-state index contributed by atoms with van der Waals surface area (Å²) in [5, 5.41) is -0.449. The molecule has 0 saturated carbocycles. The van der Waals surface area contributed by atoms with E-state index in [1.165, 1.54) is 5.56 Å². The largest absolute Gasteiger partial charge is 0.293 e. The Morgan fingerprint density at radius 2 is 1.64 bits per heavy atom. The van der Waals surface area contributed by atoms with E-state index in [4.69, 9.17) is 11.6 Å². The third-order valence-electron chi connectivity index (χ3n) is 2.28. The van der Waals surface area contributed by atoms with Crippen molar-refractivity contribution >= 4 is 17.4 Å². The molecule has 0 fully saturated rings. The summed E-state index contributed by atoms with van der Waals surface area (Å²) < 4.78 is 0. The van der Waals surface area contributed by atoms with Crippen molar-refractivity contribution in [2.24, 2.45) is 0 Å². The van der Waals surface area contributed by atoms with Crippen molar-refractivity contribution in [1.82, 2.24) is 0 Å². The second-order valence-corrected chi connectivity index (χ2v) is 4.41. The van der Waals surface area contributed by atoms with E-state index < -0.39 is 5.38 Å². The number of carbonyl (C=O) groups excluding carboxylic acids is 1. The first-order valence-corrected chi connectivity index (χ1v) is 5.13. The first-order chi connectivity index (χ1) is 6.43. The monoisotopic (exact) mass is 210 g/mol. The minimum Gasteiger partial charge on any atom is -0.293 e. The lowest BCUT2D eigenvalue weighted by atomic mass is 9.95. The zero-order valence-electron chi connectivity index (χ0n) is 9.02. The Bertz CT molecular complexity index is 344. The highest BCUT2D eigenvalue weighted by atomic mass is 35.5. The van der Waals surface area contributed by atoms with Crippen LogP contribution in [0.2, 0.25) is 0 Å². The molecule has 1 aromatic rings. The predicted octanol–water partition coefficient (Wildman–Crippen LogP) is 3.42. The van der Waals surface area contributed by atoms with Gasteiger partial charge in [0.25, 0.3) is 0 Å². The van der Waals surface area contributed by atoms with E-state index in [9.17, 15) is 4.79 Å². The average molecular weight is 211 g/mol. The Balaban J connectivity index is 3.28. The molecule has 0 heterocycles. The zero-order chi connectivity index (χ0) is 10.9. The number of ketones is 1. The molecule has 0 aliphatic rings. The van der Waals surface area contributed by atoms with Crippen molar-refractivity contribution < 1.29 is 4.79 Å². The number of hydrogen-bond acceptors (Lipinski definition) is 1. The summed E-state index contributed by atoms with van der Waals surface area (Å²) in [4.78, 5) is 11.8. The molecule has 0 amide bonds. The second-order valence-electron chi connectivity index (χ2n) is 3.75. The fourth-order valence-electron chi connectivity index (χ4n) is 1.77. The van der Waals surface area contributed by atoms with Crippen molar-refractivity contribution in [2.45, 2.75) is 33.1 Å². The number of halogens is 1. The summed E-state index contributed by atoms with van der Waals surface area (Å²) in [6, 6.07) is 4.03. The van der Waals surface area contributed by atoms with Crippen LogP contribution in [0.1, 0.15) is 34.0 Å². The van der Waals surface area contributed by atoms with Crippen molar-refractivity contribution in [1.29, 1.82) is 0 Å². The van der Waals surface area contributed by atoms with E-state index >= 15 is 0 Å². The van der Waals surface area contributed by atoms with Gasteiger partial charge in [-0.15, -0.1) is 11.6 Å². The van der Waals surface area contributed by atoms with Crippen LogP contribution in [-0.4, -0.2) is 11.2 Å². The maximum Gasteiger partial charge on any atom is 0.180 e. The summed E-state index contributed by atoms with van der Waals surface area (Å²) >= 11 is 5.80. The van der Waals surface area contributed by atoms with E-state index in [1.54, 1.807) is 6.92 Å². The minimum absolute atomic E-state index is 0.0154. The molecule has 2 heteroatoms. The topological polar surface area (TPSA) is 17.1 Å². The highest BCUT2D eigenvalue weighted by Gasteiger charge is 2.16. The smallest absolute Gasteiger partial charge is 0.180 e. The van der Waals surface area contributed by atoms with Crippen LogP contribution < -0.4 is 0 Å². The number of rotatable bonds is 2. The van der Waals surface area contributed by atoms with E-state index in [1.807, 2.05) is 32.9 Å². The molecule has 1 atom stereocenters. The van der Waals surface area contributed by atoms with Crippen molar-refractivity contribution in [3.05, 3.63) is 34.4 Å². The summed E-state index contributed by atoms with van der Waals surface area (Å²) in [6.45, 7) is 7.64. The van der Waals surface area contributed by atoms with Gasteiger partial charge >= 0.3 is 0 Å². The van der Waals surface area contributed by atoms with Crippen LogP contribution in [0.15, 0.2) is 12.1 Å². The fraction of sp³-hybridized carbons (Fsp3) is 0.417. The number of Topliss-reactive ketones (excluding diaryl/α,β-unsaturated/α-hetero) is 1. The number of aryl methyl sites for hydroxylation is 3. The van der Waals surface area contributed by atoms with Crippen molar-refractivity contribution in [3.8, 4) is 0 Å². The Morgan fingerprint density at radius 1 is 1.21 bits per heavy atom. The summed E-state index contributed by atoms with van der Waals surface area (Å²) in [7, 11) is 0. The first-order valence-electron chi connectivity index (χ1n) is 4.69. The number of alkyl halides is 1. The lowest BCUT2D eigenvalue weighted by Gasteiger charge is -2.11. The van der Waals surface area contributed by atoms with Crippen molar-refractivity contribution in [2.75, 3.05) is 0 Å². The Labute approximate surface area is 90.1 Å². The average Bonchev–Trinajstić information content (AvgIpc) is 2.01. The normalized spacial score (nSPS) is 12.6. The van der Waals surface area contributed by atoms with Gasteiger partial charge in [-0.1, -0.05) is 17.7 Å². The van der Waals surface area contributed by atoms with Crippen LogP contribution >= 0.6 is 11.6 Å². The standard InChI is InChI=1S/C12H15ClO/c1-7-5-8(2)11(9(3)6-7)12(14)10(4)13/h5-6,10H,1-4H3. The molecular formula is C12H15ClO. The molecule has 0 saturated heterocycles. The van der Waals surface area contributed by atoms with E-state index in [2.05, 4.69) is 0 Å². The lowest BCUT2D eigenvalue weighted by Crippen LogP contribution is -2.14. The number of benzene rings is 1. The van der Waals surface area contributed by atoms with Gasteiger partial charge in [0.2, 0.25) is 0 Å². The third-order valence-corrected chi connectivity index (χ3v) is 2.48. The van der Waals surface area contributed by atoms with Crippen LogP contribution in [-0.2, 0) is 0 Å². The summed E-state index contributed by atoms with van der Waals surface area (Å²) in [5.41, 5.74) is 3.98. The first kappa shape index (κ1) is 11.3. The molecular weight excluding hydrogens is 196 g/mol. The van der Waals surface area contributed by atoms with Crippen molar-refractivity contribution in [3.63, 3.8) is 0 Å². The van der Waals surface area contributed by atoms with Gasteiger partial charge in [0, 0.05) is 5.56 Å². The molecule has 0 aliphatic carbocycles. The SMILES string of the molecule is Cc1cc(C)c(C(=O)C(C)Cl)c(C)c1. The van der Waals surface area contributed by atoms with Gasteiger partial charge in [-0.2, -0.15) is 0 Å². The van der Waals surface area contributed by atoms with Crippen LogP contribution in [0.25, 0.3) is 0 Å². The van der Waals surface area contributed by atoms with E-state index in [0.717, 1.165) is 16.7 Å². The zero-order valence-corrected chi connectivity index (χ0v) is 9.77. The molecule has 1 unspecified atom stereocenters. The summed E-state index contributed by atoms with van der Waals surface area (Å²) in [6.07, 6.45) is 0. The summed E-state index contributed by atoms with van der Waals surface area (Å²) in [5.74, 6) is 0.0154. The van der Waals surface area contributed by atoms with Gasteiger partial charge in [0.05, 0.1) is 5.38 Å². The van der Waals surface area contributed by atoms with Gasteiger partial charge in [-0.05, 0) is 38.8 Å². The van der Waals surface area contributed by atoms with Crippen LogP contribution in [0, 0.1) is 20.8 Å². The molecule has 0 radical (unpaired) electrons. The molecule has 1 aromatic carbocycles. The molecule has 1 nitrogen and oxygen atoms in total. The quantitative estimate of drug-likeness (QED) is 0.540. The maximum atomic E-state index is 11.8. The molecule has 0 aliphatic heterocycles. The van der Waals surface area contributed by atoms with E-state index in [0.29, 0.717) is 0 Å². The van der Waals surface area contributed by atoms with Gasteiger partial charge in [0.1, 0.15) is 0 Å². The Kier molecular flexibility index (Phi) is 3.33. The number of hydrogen-bond donors (Lipinski definition) is 0. The van der Waals surface area contributed by atoms with Crippen LogP contribution in [0.5, 0.6) is 0 Å². The molecule has 76 valence electrons. The second kappa shape index (κ2) is 4.14. The molecule has 0 spiro atoms. The van der Waals surface area contributed by atoms with Crippen LogP contribution in [0.4, 0.5) is 0 Å². The lowest BCUT2D eigenvalue weighted by molar-refractivity contribution is 0.0990. The highest BCUT2D eigenvalue weighted by Crippen LogP contribution is 2.19. The third kappa shape index (κ3) is 2.16. The molecule has 0 aromatic heterocycles. The molecule has 0 N–H and O–H groups in total. The molecule has 14 heavy (non-hydrogen) atoms. The van der Waals surface area contributed by atoms with E-state index in [-0.39, 0.29) is 5.78 Å². The highest BCUT2D eigenvalue weighted by molar-refractivity contribution is 6.33. The fourth-order valence-corrected chi connectivity index (χ4v) is 1.88. The number of carbonyl (C=O) groups is 1. The Hall–Kier alpha value is -0.820. The van der Waals surface area contributed by atoms with Gasteiger partial charge < -0.3 is 0 Å². The van der Waals surface area contributed by atoms with Gasteiger partial charge in [-0.25, -0.2) is 0 Å².